The van der Waals surface area contributed by atoms with Crippen LogP contribution in [0.2, 0.25) is 5.02 Å². The number of halogens is 1. The minimum atomic E-state index is 0.759. The fraction of sp³-hybridized carbons (Fsp3) is 0.538. The molecule has 0 spiro atoms. The van der Waals surface area contributed by atoms with Crippen molar-refractivity contribution in [3.05, 3.63) is 34.9 Å². The molecular weight excluding hydrogens is 206 g/mol. The lowest BCUT2D eigenvalue weighted by molar-refractivity contribution is 0.624. The number of nitrogens with one attached hydrogen (secondary N) is 1. The monoisotopic (exact) mass is 221 g/mol. The fourth-order valence-corrected chi connectivity index (χ4v) is 2.42. The average Bonchev–Trinajstić information content (AvgIpc) is 3.11. The predicted molar refractivity (Wildman–Crippen MR) is 63.3 cm³/mol. The average molecular weight is 222 g/mol. The first-order valence-corrected chi connectivity index (χ1v) is 6.19. The fourth-order valence-electron chi connectivity index (χ4n) is 2.22. The van der Waals surface area contributed by atoms with E-state index in [0.29, 0.717) is 0 Å². The van der Waals surface area contributed by atoms with Gasteiger partial charge in [0.15, 0.2) is 0 Å². The summed E-state index contributed by atoms with van der Waals surface area (Å²) in [5, 5.41) is 4.47. The molecule has 0 radical (unpaired) electrons. The van der Waals surface area contributed by atoms with Gasteiger partial charge in [-0.3, -0.25) is 0 Å². The number of hydrogen-bond acceptors (Lipinski definition) is 1. The number of benzene rings is 1. The van der Waals surface area contributed by atoms with E-state index in [9.17, 15) is 0 Å². The second kappa shape index (κ2) is 3.80. The van der Waals surface area contributed by atoms with Crippen LogP contribution < -0.4 is 5.32 Å². The van der Waals surface area contributed by atoms with Gasteiger partial charge in [0.25, 0.3) is 0 Å². The van der Waals surface area contributed by atoms with Gasteiger partial charge in [-0.05, 0) is 55.3 Å². The molecule has 1 aromatic rings. The molecule has 0 amide bonds. The van der Waals surface area contributed by atoms with Crippen molar-refractivity contribution < 1.29 is 0 Å². The normalized spacial score (nSPS) is 29.1. The van der Waals surface area contributed by atoms with Gasteiger partial charge >= 0.3 is 0 Å². The Kier molecular flexibility index (Phi) is 2.45. The molecule has 2 fully saturated rings. The van der Waals surface area contributed by atoms with Crippen molar-refractivity contribution in [3.8, 4) is 0 Å². The third-order valence-corrected chi connectivity index (χ3v) is 3.68. The zero-order valence-electron chi connectivity index (χ0n) is 8.75. The number of rotatable bonds is 4. The first-order chi connectivity index (χ1) is 7.33. The second-order valence-electron chi connectivity index (χ2n) is 4.84. The van der Waals surface area contributed by atoms with Crippen molar-refractivity contribution in [3.63, 3.8) is 0 Å². The molecule has 0 bridgehead atoms. The Morgan fingerprint density at radius 2 is 2.20 bits per heavy atom. The number of hydrogen-bond donors (Lipinski definition) is 1. The van der Waals surface area contributed by atoms with Gasteiger partial charge in [-0.25, -0.2) is 0 Å². The van der Waals surface area contributed by atoms with Crippen LogP contribution in [0.1, 0.15) is 30.7 Å². The molecule has 1 aromatic carbocycles. The maximum Gasteiger partial charge on any atom is 0.0408 e. The van der Waals surface area contributed by atoms with Gasteiger partial charge in [0.1, 0.15) is 0 Å². The molecule has 2 heteroatoms. The summed E-state index contributed by atoms with van der Waals surface area (Å²) in [6, 6.07) is 9.16. The van der Waals surface area contributed by atoms with E-state index in [4.69, 9.17) is 11.6 Å². The van der Waals surface area contributed by atoms with E-state index < -0.39 is 0 Å². The van der Waals surface area contributed by atoms with Gasteiger partial charge in [-0.15, -0.1) is 0 Å². The Labute approximate surface area is 95.8 Å². The molecule has 0 aliphatic heterocycles. The van der Waals surface area contributed by atoms with Crippen LogP contribution in [0.25, 0.3) is 0 Å². The zero-order chi connectivity index (χ0) is 10.3. The predicted octanol–water partition coefficient (Wildman–Crippen LogP) is 3.20. The Morgan fingerprint density at radius 1 is 1.33 bits per heavy atom. The summed E-state index contributed by atoms with van der Waals surface area (Å²) in [5.74, 6) is 1.61. The van der Waals surface area contributed by atoms with E-state index >= 15 is 0 Å². The largest absolute Gasteiger partial charge is 0.314 e. The van der Waals surface area contributed by atoms with E-state index in [1.165, 1.54) is 31.4 Å². The molecule has 1 nitrogen and oxygen atoms in total. The summed E-state index contributed by atoms with van der Waals surface area (Å²) in [6.07, 6.45) is 4.10. The van der Waals surface area contributed by atoms with Crippen LogP contribution in [-0.4, -0.2) is 12.6 Å². The van der Waals surface area contributed by atoms with E-state index in [1.807, 2.05) is 6.07 Å². The quantitative estimate of drug-likeness (QED) is 0.824. The van der Waals surface area contributed by atoms with E-state index in [2.05, 4.69) is 23.5 Å². The molecule has 2 aliphatic rings. The van der Waals surface area contributed by atoms with Crippen LogP contribution in [-0.2, 0) is 0 Å². The Bertz CT molecular complexity index is 359. The molecule has 80 valence electrons. The Hall–Kier alpha value is -0.530. The summed E-state index contributed by atoms with van der Waals surface area (Å²) < 4.78 is 0. The van der Waals surface area contributed by atoms with Gasteiger partial charge in [-0.2, -0.15) is 0 Å². The molecule has 3 rings (SSSR count). The maximum absolute atomic E-state index is 5.99. The van der Waals surface area contributed by atoms with E-state index in [1.54, 1.807) is 0 Å². The van der Waals surface area contributed by atoms with Crippen molar-refractivity contribution in [2.75, 3.05) is 6.54 Å². The summed E-state index contributed by atoms with van der Waals surface area (Å²) in [7, 11) is 0. The highest BCUT2D eigenvalue weighted by molar-refractivity contribution is 6.30. The molecule has 0 aromatic heterocycles. The summed E-state index contributed by atoms with van der Waals surface area (Å²) in [4.78, 5) is 0. The Balaban J connectivity index is 1.56. The van der Waals surface area contributed by atoms with Crippen molar-refractivity contribution in [1.82, 2.24) is 5.32 Å². The lowest BCUT2D eigenvalue weighted by atomic mass is 10.1. The molecular formula is C13H16ClN. The van der Waals surface area contributed by atoms with Crippen molar-refractivity contribution in [2.45, 2.75) is 31.2 Å². The van der Waals surface area contributed by atoms with Crippen LogP contribution in [0.3, 0.4) is 0 Å². The molecule has 15 heavy (non-hydrogen) atoms. The first kappa shape index (κ1) is 9.68. The van der Waals surface area contributed by atoms with Crippen LogP contribution in [0.15, 0.2) is 24.3 Å². The van der Waals surface area contributed by atoms with Crippen LogP contribution in [0.4, 0.5) is 0 Å². The minimum absolute atomic E-state index is 0.759. The van der Waals surface area contributed by atoms with Gasteiger partial charge in [-0.1, -0.05) is 23.7 Å². The van der Waals surface area contributed by atoms with Crippen molar-refractivity contribution in [2.24, 2.45) is 5.92 Å². The summed E-state index contributed by atoms with van der Waals surface area (Å²) >= 11 is 5.99. The molecule has 2 saturated carbocycles. The molecule has 2 aliphatic carbocycles. The third-order valence-electron chi connectivity index (χ3n) is 3.45. The molecule has 0 saturated heterocycles. The first-order valence-electron chi connectivity index (χ1n) is 5.82. The van der Waals surface area contributed by atoms with E-state index in [0.717, 1.165) is 22.9 Å². The van der Waals surface area contributed by atoms with Crippen LogP contribution in [0, 0.1) is 5.92 Å². The second-order valence-corrected chi connectivity index (χ2v) is 5.28. The highest BCUT2D eigenvalue weighted by Gasteiger charge is 2.38. The third kappa shape index (κ3) is 2.35. The molecule has 2 unspecified atom stereocenters. The van der Waals surface area contributed by atoms with Gasteiger partial charge < -0.3 is 5.32 Å². The van der Waals surface area contributed by atoms with Crippen LogP contribution >= 0.6 is 11.6 Å². The lowest BCUT2D eigenvalue weighted by Gasteiger charge is -2.02. The van der Waals surface area contributed by atoms with Gasteiger partial charge in [0, 0.05) is 11.1 Å². The van der Waals surface area contributed by atoms with E-state index in [-0.39, 0.29) is 0 Å². The van der Waals surface area contributed by atoms with Crippen molar-refractivity contribution in [1.29, 1.82) is 0 Å². The summed E-state index contributed by atoms with van der Waals surface area (Å²) in [5.41, 5.74) is 1.42. The SMILES string of the molecule is Clc1cccc(C2CC2CNC2CC2)c1. The highest BCUT2D eigenvalue weighted by atomic mass is 35.5. The Morgan fingerprint density at radius 3 is 2.93 bits per heavy atom. The highest BCUT2D eigenvalue weighted by Crippen LogP contribution is 2.47. The topological polar surface area (TPSA) is 12.0 Å². The van der Waals surface area contributed by atoms with Crippen LogP contribution in [0.5, 0.6) is 0 Å². The molecule has 0 heterocycles. The zero-order valence-corrected chi connectivity index (χ0v) is 9.50. The van der Waals surface area contributed by atoms with Gasteiger partial charge in [0.05, 0.1) is 0 Å². The van der Waals surface area contributed by atoms with Gasteiger partial charge in [0.2, 0.25) is 0 Å². The minimum Gasteiger partial charge on any atom is -0.314 e. The lowest BCUT2D eigenvalue weighted by Crippen LogP contribution is -2.19. The smallest absolute Gasteiger partial charge is 0.0408 e. The maximum atomic E-state index is 5.99. The van der Waals surface area contributed by atoms with Crippen molar-refractivity contribution >= 4 is 11.6 Å². The summed E-state index contributed by atoms with van der Waals surface area (Å²) in [6.45, 7) is 1.20. The standard InChI is InChI=1S/C13H16ClN/c14-11-3-1-2-9(6-11)13-7-10(13)8-15-12-4-5-12/h1-3,6,10,12-13,15H,4-5,7-8H2. The molecule has 1 N–H and O–H groups in total. The molecule has 2 atom stereocenters.